The van der Waals surface area contributed by atoms with Gasteiger partial charge in [0.15, 0.2) is 0 Å². The highest BCUT2D eigenvalue weighted by molar-refractivity contribution is 7.00. The lowest BCUT2D eigenvalue weighted by Gasteiger charge is -2.45. The Morgan fingerprint density at radius 3 is 1.49 bits per heavy atom. The number of aryl methyl sites for hydroxylation is 4. The van der Waals surface area contributed by atoms with Crippen molar-refractivity contribution in [1.29, 1.82) is 0 Å². The minimum atomic E-state index is -0.132. The summed E-state index contributed by atoms with van der Waals surface area (Å²) in [5.74, 6) is 0. The predicted molar refractivity (Wildman–Crippen MR) is 252 cm³/mol. The van der Waals surface area contributed by atoms with Crippen molar-refractivity contribution >= 4 is 74.3 Å². The maximum Gasteiger partial charge on any atom is 0.252 e. The monoisotopic (exact) mass is 759 g/mol. The molecule has 0 radical (unpaired) electrons. The highest BCUT2D eigenvalue weighted by Gasteiger charge is 2.44. The fourth-order valence-electron chi connectivity index (χ4n) is 10.1. The van der Waals surface area contributed by atoms with Gasteiger partial charge in [-0.05, 0) is 150 Å². The van der Waals surface area contributed by atoms with Crippen LogP contribution >= 0.6 is 0 Å². The maximum atomic E-state index is 2.53. The third kappa shape index (κ3) is 5.43. The summed E-state index contributed by atoms with van der Waals surface area (Å²) in [5.41, 5.74) is 24.7. The minimum absolute atomic E-state index is 0.0492. The molecule has 0 saturated heterocycles. The van der Waals surface area contributed by atoms with E-state index in [1.165, 1.54) is 83.6 Å². The molecule has 1 aliphatic carbocycles. The zero-order valence-electron chi connectivity index (χ0n) is 34.6. The summed E-state index contributed by atoms with van der Waals surface area (Å²) in [4.78, 5) is 7.53. The summed E-state index contributed by atoms with van der Waals surface area (Å²) >= 11 is 0. The van der Waals surface area contributed by atoms with E-state index in [2.05, 4.69) is 226 Å². The zero-order chi connectivity index (χ0) is 40.2. The molecule has 3 nitrogen and oxygen atoms in total. The van der Waals surface area contributed by atoms with Crippen LogP contribution in [0.2, 0.25) is 0 Å². The van der Waals surface area contributed by atoms with Crippen LogP contribution in [0.5, 0.6) is 0 Å². The van der Waals surface area contributed by atoms with Crippen molar-refractivity contribution in [2.75, 3.05) is 14.7 Å². The van der Waals surface area contributed by atoms with E-state index < -0.39 is 0 Å². The van der Waals surface area contributed by atoms with Gasteiger partial charge >= 0.3 is 0 Å². The van der Waals surface area contributed by atoms with Crippen molar-refractivity contribution < 1.29 is 0 Å². The van der Waals surface area contributed by atoms with Crippen LogP contribution in [0.1, 0.15) is 47.2 Å². The Balaban J connectivity index is 1.24. The Labute approximate surface area is 348 Å². The van der Waals surface area contributed by atoms with E-state index >= 15 is 0 Å². The molecule has 2 heterocycles. The average Bonchev–Trinajstić information content (AvgIpc) is 3.47. The molecule has 0 aromatic heterocycles. The number of anilines is 9. The van der Waals surface area contributed by atoms with E-state index in [0.29, 0.717) is 0 Å². The van der Waals surface area contributed by atoms with Crippen LogP contribution in [-0.2, 0) is 5.41 Å². The largest absolute Gasteiger partial charge is 0.311 e. The molecule has 0 bridgehead atoms. The Hall–Kier alpha value is -6.78. The molecule has 0 spiro atoms. The number of hydrogen-bond donors (Lipinski definition) is 0. The Bertz CT molecular complexity index is 2840. The SMILES string of the molecule is Cc1ccc(N2c3cc(C)ccc3B3c4ccc(C)cc4N(c4ccc(C)cc4)c4cc(N(c5ccccc5)c5ccc6c(c5)C(C)(C)c5ccccc5-6)cc2c43)cc1. The number of benzene rings is 8. The molecule has 0 atom stereocenters. The molecular formula is C55H46BN3. The lowest BCUT2D eigenvalue weighted by molar-refractivity contribution is 0.660. The van der Waals surface area contributed by atoms with E-state index in [9.17, 15) is 0 Å². The standard InChI is InChI=1S/C55H46BN3/c1-35-16-22-40(23-17-35)58-50-30-37(3)20-28-48(50)56-49-29-21-38(4)31-51(49)59(41-24-18-36(2)19-25-41)53-34-43(33-52(58)54(53)56)57(39-12-8-7-9-13-39)42-26-27-45-44-14-10-11-15-46(44)55(5,6)47(45)32-42/h7-34H,1-6H3. The molecule has 0 fully saturated rings. The first-order chi connectivity index (χ1) is 28.7. The van der Waals surface area contributed by atoms with Crippen LogP contribution in [0.25, 0.3) is 11.1 Å². The smallest absolute Gasteiger partial charge is 0.252 e. The molecule has 2 aliphatic heterocycles. The highest BCUT2D eigenvalue weighted by atomic mass is 15.2. The summed E-state index contributed by atoms with van der Waals surface area (Å²) in [6, 6.07) is 64.1. The third-order valence-electron chi connectivity index (χ3n) is 13.0. The summed E-state index contributed by atoms with van der Waals surface area (Å²) in [6.07, 6.45) is 0. The van der Waals surface area contributed by atoms with Gasteiger partial charge in [0.25, 0.3) is 6.71 Å². The molecule has 4 heteroatoms. The lowest BCUT2D eigenvalue weighted by Crippen LogP contribution is -2.61. The first-order valence-electron chi connectivity index (χ1n) is 20.9. The van der Waals surface area contributed by atoms with E-state index in [4.69, 9.17) is 0 Å². The number of hydrogen-bond acceptors (Lipinski definition) is 3. The summed E-state index contributed by atoms with van der Waals surface area (Å²) in [5, 5.41) is 0. The second kappa shape index (κ2) is 13.1. The summed E-state index contributed by atoms with van der Waals surface area (Å²) in [7, 11) is 0. The van der Waals surface area contributed by atoms with Crippen molar-refractivity contribution in [2.24, 2.45) is 0 Å². The van der Waals surface area contributed by atoms with Gasteiger partial charge in [-0.1, -0.05) is 122 Å². The maximum absolute atomic E-state index is 2.53. The van der Waals surface area contributed by atoms with Crippen molar-refractivity contribution in [3.63, 3.8) is 0 Å². The van der Waals surface area contributed by atoms with Crippen molar-refractivity contribution in [3.05, 3.63) is 203 Å². The van der Waals surface area contributed by atoms with E-state index in [1.54, 1.807) is 0 Å². The molecule has 3 aliphatic rings. The molecule has 8 aromatic carbocycles. The number of fused-ring (bicyclic) bond motifs is 7. The molecule has 0 unspecified atom stereocenters. The molecule has 11 rings (SSSR count). The van der Waals surface area contributed by atoms with Gasteiger partial charge in [0.1, 0.15) is 0 Å². The van der Waals surface area contributed by atoms with Crippen LogP contribution in [0, 0.1) is 27.7 Å². The van der Waals surface area contributed by atoms with Crippen LogP contribution in [0.3, 0.4) is 0 Å². The molecule has 0 amide bonds. The van der Waals surface area contributed by atoms with Crippen LogP contribution < -0.4 is 31.1 Å². The van der Waals surface area contributed by atoms with E-state index in [0.717, 1.165) is 28.4 Å². The fraction of sp³-hybridized carbons (Fsp3) is 0.127. The third-order valence-corrected chi connectivity index (χ3v) is 13.0. The van der Waals surface area contributed by atoms with E-state index in [-0.39, 0.29) is 12.1 Å². The Kier molecular flexibility index (Phi) is 7.87. The Morgan fingerprint density at radius 1 is 0.407 bits per heavy atom. The zero-order valence-corrected chi connectivity index (χ0v) is 34.6. The normalized spacial score (nSPS) is 14.0. The molecule has 59 heavy (non-hydrogen) atoms. The highest BCUT2D eigenvalue weighted by Crippen LogP contribution is 2.52. The lowest BCUT2D eigenvalue weighted by atomic mass is 9.33. The summed E-state index contributed by atoms with van der Waals surface area (Å²) in [6.45, 7) is 13.6. The molecule has 284 valence electrons. The quantitative estimate of drug-likeness (QED) is 0.162. The summed E-state index contributed by atoms with van der Waals surface area (Å²) < 4.78 is 0. The second-order valence-electron chi connectivity index (χ2n) is 17.4. The van der Waals surface area contributed by atoms with Crippen LogP contribution in [0.15, 0.2) is 170 Å². The van der Waals surface area contributed by atoms with Crippen molar-refractivity contribution in [2.45, 2.75) is 47.0 Å². The molecule has 0 saturated carbocycles. The van der Waals surface area contributed by atoms with Gasteiger partial charge in [-0.15, -0.1) is 0 Å². The number of nitrogens with zero attached hydrogens (tertiary/aromatic N) is 3. The first-order valence-corrected chi connectivity index (χ1v) is 20.9. The molecule has 0 N–H and O–H groups in total. The van der Waals surface area contributed by atoms with Gasteiger partial charge in [-0.2, -0.15) is 0 Å². The second-order valence-corrected chi connectivity index (χ2v) is 17.4. The number of rotatable bonds is 5. The van der Waals surface area contributed by atoms with Gasteiger partial charge in [0.2, 0.25) is 0 Å². The number of para-hydroxylation sites is 1. The predicted octanol–water partition coefficient (Wildman–Crippen LogP) is 12.8. The van der Waals surface area contributed by atoms with Gasteiger partial charge in [0.05, 0.1) is 5.69 Å². The first kappa shape index (κ1) is 35.4. The van der Waals surface area contributed by atoms with Gasteiger partial charge in [-0.3, -0.25) is 0 Å². The minimum Gasteiger partial charge on any atom is -0.311 e. The molecule has 8 aromatic rings. The fourth-order valence-corrected chi connectivity index (χ4v) is 10.1. The van der Waals surface area contributed by atoms with Gasteiger partial charge < -0.3 is 14.7 Å². The van der Waals surface area contributed by atoms with Crippen LogP contribution in [-0.4, -0.2) is 6.71 Å². The van der Waals surface area contributed by atoms with Gasteiger partial charge in [-0.25, -0.2) is 0 Å². The van der Waals surface area contributed by atoms with E-state index in [1.807, 2.05) is 0 Å². The van der Waals surface area contributed by atoms with Crippen LogP contribution in [0.4, 0.5) is 51.2 Å². The van der Waals surface area contributed by atoms with Crippen molar-refractivity contribution in [3.8, 4) is 11.1 Å². The Morgan fingerprint density at radius 2 is 0.915 bits per heavy atom. The van der Waals surface area contributed by atoms with Gasteiger partial charge in [0, 0.05) is 50.9 Å². The van der Waals surface area contributed by atoms with Crippen molar-refractivity contribution in [1.82, 2.24) is 0 Å². The molecular weight excluding hydrogens is 713 g/mol. The average molecular weight is 760 g/mol. The topological polar surface area (TPSA) is 9.72 Å².